The normalized spacial score (nSPS) is 9.67. The predicted molar refractivity (Wildman–Crippen MR) is 65.1 cm³/mol. The van der Waals surface area contributed by atoms with Crippen molar-refractivity contribution in [3.05, 3.63) is 42.2 Å². The summed E-state index contributed by atoms with van der Waals surface area (Å²) in [6.07, 6.45) is 1.54. The minimum atomic E-state index is -0.524. The third-order valence-electron chi connectivity index (χ3n) is 2.12. The first kappa shape index (κ1) is 13.9. The maximum absolute atomic E-state index is 13.0. The molecule has 0 radical (unpaired) electrons. The highest BCUT2D eigenvalue weighted by Crippen LogP contribution is 2.20. The molecule has 1 aromatic rings. The lowest BCUT2D eigenvalue weighted by Gasteiger charge is -2.09. The van der Waals surface area contributed by atoms with Gasteiger partial charge in [0.05, 0.1) is 5.56 Å². The van der Waals surface area contributed by atoms with Gasteiger partial charge >= 0.3 is 0 Å². The molecule has 0 heterocycles. The summed E-state index contributed by atoms with van der Waals surface area (Å²) in [5.41, 5.74) is 0.117. The van der Waals surface area contributed by atoms with Gasteiger partial charge in [-0.3, -0.25) is 9.59 Å². The van der Waals surface area contributed by atoms with Gasteiger partial charge in [-0.15, -0.1) is 6.58 Å². The molecule has 1 aromatic carbocycles. The Bertz CT molecular complexity index is 471. The molecule has 0 saturated heterocycles. The number of ether oxygens (including phenoxy) is 1. The second-order valence-electron chi connectivity index (χ2n) is 3.58. The van der Waals surface area contributed by atoms with Crippen LogP contribution in [0.25, 0.3) is 0 Å². The van der Waals surface area contributed by atoms with E-state index in [1.165, 1.54) is 25.1 Å². The predicted octanol–water partition coefficient (Wildman–Crippen LogP) is 1.71. The van der Waals surface area contributed by atoms with Crippen molar-refractivity contribution in [2.24, 2.45) is 0 Å². The summed E-state index contributed by atoms with van der Waals surface area (Å²) in [7, 11) is 0. The zero-order valence-corrected chi connectivity index (χ0v) is 10.0. The van der Waals surface area contributed by atoms with Crippen molar-refractivity contribution in [1.29, 1.82) is 0 Å². The van der Waals surface area contributed by atoms with E-state index in [0.29, 0.717) is 6.54 Å². The number of carbonyl (C=O) groups excluding carboxylic acids is 2. The van der Waals surface area contributed by atoms with Gasteiger partial charge in [0.25, 0.3) is 5.91 Å². The molecule has 1 rings (SSSR count). The van der Waals surface area contributed by atoms with Crippen LogP contribution in [0, 0.1) is 5.82 Å². The largest absolute Gasteiger partial charge is 0.483 e. The molecular formula is C13H14FNO3. The molecule has 0 spiro atoms. The van der Waals surface area contributed by atoms with Gasteiger partial charge in [0.15, 0.2) is 12.4 Å². The minimum Gasteiger partial charge on any atom is -0.483 e. The summed E-state index contributed by atoms with van der Waals surface area (Å²) >= 11 is 0. The molecule has 96 valence electrons. The van der Waals surface area contributed by atoms with E-state index in [1.807, 2.05) is 0 Å². The highest BCUT2D eigenvalue weighted by molar-refractivity contribution is 5.96. The smallest absolute Gasteiger partial charge is 0.258 e. The first-order valence-corrected chi connectivity index (χ1v) is 5.35. The standard InChI is InChI=1S/C13H14FNO3/c1-3-6-15-13(17)8-18-12-5-4-10(14)7-11(12)9(2)16/h3-5,7H,1,6,8H2,2H3,(H,15,17). The lowest BCUT2D eigenvalue weighted by atomic mass is 10.1. The third-order valence-corrected chi connectivity index (χ3v) is 2.12. The fourth-order valence-corrected chi connectivity index (χ4v) is 1.28. The number of rotatable bonds is 6. The van der Waals surface area contributed by atoms with Gasteiger partial charge in [-0.25, -0.2) is 4.39 Å². The van der Waals surface area contributed by atoms with E-state index < -0.39 is 5.82 Å². The zero-order valence-electron chi connectivity index (χ0n) is 10.0. The van der Waals surface area contributed by atoms with Gasteiger partial charge in [-0.05, 0) is 25.1 Å². The first-order chi connectivity index (χ1) is 8.54. The van der Waals surface area contributed by atoms with Crippen molar-refractivity contribution in [3.8, 4) is 5.75 Å². The summed E-state index contributed by atoms with van der Waals surface area (Å²) in [4.78, 5) is 22.6. The van der Waals surface area contributed by atoms with E-state index in [-0.39, 0.29) is 29.6 Å². The zero-order chi connectivity index (χ0) is 13.5. The molecule has 0 unspecified atom stereocenters. The number of hydrogen-bond donors (Lipinski definition) is 1. The van der Waals surface area contributed by atoms with Crippen LogP contribution in [0.15, 0.2) is 30.9 Å². The van der Waals surface area contributed by atoms with Gasteiger partial charge in [0.2, 0.25) is 0 Å². The van der Waals surface area contributed by atoms with Gasteiger partial charge in [-0.2, -0.15) is 0 Å². The Labute approximate surface area is 104 Å². The Morgan fingerprint density at radius 1 is 1.50 bits per heavy atom. The van der Waals surface area contributed by atoms with Crippen molar-refractivity contribution in [2.45, 2.75) is 6.92 Å². The van der Waals surface area contributed by atoms with E-state index in [2.05, 4.69) is 11.9 Å². The molecule has 0 aliphatic rings. The van der Waals surface area contributed by atoms with Crippen molar-refractivity contribution >= 4 is 11.7 Å². The van der Waals surface area contributed by atoms with Crippen LogP contribution in [-0.2, 0) is 4.79 Å². The van der Waals surface area contributed by atoms with Crippen LogP contribution in [0.4, 0.5) is 4.39 Å². The van der Waals surface area contributed by atoms with Crippen LogP contribution >= 0.6 is 0 Å². The molecule has 1 N–H and O–H groups in total. The summed E-state index contributed by atoms with van der Waals surface area (Å²) < 4.78 is 18.2. The van der Waals surface area contributed by atoms with Gasteiger partial charge < -0.3 is 10.1 Å². The molecular weight excluding hydrogens is 237 g/mol. The molecule has 4 nitrogen and oxygen atoms in total. The van der Waals surface area contributed by atoms with E-state index in [0.717, 1.165) is 6.07 Å². The van der Waals surface area contributed by atoms with Crippen LogP contribution in [0.5, 0.6) is 5.75 Å². The molecule has 0 aliphatic heterocycles. The maximum Gasteiger partial charge on any atom is 0.258 e. The van der Waals surface area contributed by atoms with Gasteiger partial charge in [0.1, 0.15) is 11.6 Å². The topological polar surface area (TPSA) is 55.4 Å². The Morgan fingerprint density at radius 3 is 2.83 bits per heavy atom. The molecule has 0 aliphatic carbocycles. The van der Waals surface area contributed by atoms with Crippen LogP contribution in [0.3, 0.4) is 0 Å². The van der Waals surface area contributed by atoms with E-state index in [9.17, 15) is 14.0 Å². The number of amides is 1. The number of halogens is 1. The van der Waals surface area contributed by atoms with E-state index in [1.54, 1.807) is 0 Å². The Balaban J connectivity index is 2.69. The molecule has 0 saturated carbocycles. The molecule has 0 aromatic heterocycles. The number of hydrogen-bond acceptors (Lipinski definition) is 3. The quantitative estimate of drug-likeness (QED) is 0.618. The van der Waals surface area contributed by atoms with Gasteiger partial charge in [-0.1, -0.05) is 6.08 Å². The SMILES string of the molecule is C=CCNC(=O)COc1ccc(F)cc1C(C)=O. The number of ketones is 1. The second kappa shape index (κ2) is 6.54. The molecule has 0 fully saturated rings. The fourth-order valence-electron chi connectivity index (χ4n) is 1.28. The Kier molecular flexibility index (Phi) is 5.05. The molecule has 1 amide bonds. The van der Waals surface area contributed by atoms with Crippen LogP contribution in [0.1, 0.15) is 17.3 Å². The van der Waals surface area contributed by atoms with E-state index in [4.69, 9.17) is 4.74 Å². The monoisotopic (exact) mass is 251 g/mol. The average Bonchev–Trinajstić information content (AvgIpc) is 2.34. The highest BCUT2D eigenvalue weighted by Gasteiger charge is 2.11. The molecule has 5 heteroatoms. The van der Waals surface area contributed by atoms with E-state index >= 15 is 0 Å². The van der Waals surface area contributed by atoms with Crippen molar-refractivity contribution in [2.75, 3.05) is 13.2 Å². The molecule has 0 atom stereocenters. The lowest BCUT2D eigenvalue weighted by Crippen LogP contribution is -2.29. The first-order valence-electron chi connectivity index (χ1n) is 5.35. The summed E-state index contributed by atoms with van der Waals surface area (Å²) in [6.45, 7) is 4.86. The Morgan fingerprint density at radius 2 is 2.22 bits per heavy atom. The van der Waals surface area contributed by atoms with Crippen molar-refractivity contribution < 1.29 is 18.7 Å². The van der Waals surface area contributed by atoms with Gasteiger partial charge in [0, 0.05) is 6.54 Å². The molecule has 0 bridgehead atoms. The van der Waals surface area contributed by atoms with Crippen LogP contribution < -0.4 is 10.1 Å². The third kappa shape index (κ3) is 4.01. The average molecular weight is 251 g/mol. The number of benzene rings is 1. The lowest BCUT2D eigenvalue weighted by molar-refractivity contribution is -0.122. The number of nitrogens with one attached hydrogen (secondary N) is 1. The fraction of sp³-hybridized carbons (Fsp3) is 0.231. The summed E-state index contributed by atoms with van der Waals surface area (Å²) in [5, 5.41) is 2.52. The minimum absolute atomic E-state index is 0.117. The summed E-state index contributed by atoms with van der Waals surface area (Å²) in [5.74, 6) is -0.994. The number of Topliss-reactive ketones (excluding diaryl/α,β-unsaturated/α-hetero) is 1. The molecule has 18 heavy (non-hydrogen) atoms. The number of carbonyl (C=O) groups is 2. The van der Waals surface area contributed by atoms with Crippen LogP contribution in [-0.4, -0.2) is 24.8 Å². The second-order valence-corrected chi connectivity index (χ2v) is 3.58. The summed E-state index contributed by atoms with van der Waals surface area (Å²) in [6, 6.07) is 3.58. The Hall–Kier alpha value is -2.17. The van der Waals surface area contributed by atoms with Crippen LogP contribution in [0.2, 0.25) is 0 Å². The highest BCUT2D eigenvalue weighted by atomic mass is 19.1. The van der Waals surface area contributed by atoms with Crippen molar-refractivity contribution in [1.82, 2.24) is 5.32 Å². The maximum atomic E-state index is 13.0. The van der Waals surface area contributed by atoms with Crippen molar-refractivity contribution in [3.63, 3.8) is 0 Å².